The number of aromatic nitrogens is 2. The number of benzene rings is 2. The van der Waals surface area contributed by atoms with E-state index < -0.39 is 10.0 Å². The molecule has 2 aromatic carbocycles. The maximum atomic E-state index is 13.1. The van der Waals surface area contributed by atoms with Crippen LogP contribution in [0.2, 0.25) is 0 Å². The zero-order valence-electron chi connectivity index (χ0n) is 19.2. The van der Waals surface area contributed by atoms with Crippen LogP contribution in [-0.4, -0.2) is 37.2 Å². The lowest BCUT2D eigenvalue weighted by Crippen LogP contribution is -2.15. The molecule has 3 rings (SSSR count). The summed E-state index contributed by atoms with van der Waals surface area (Å²) in [6.07, 6.45) is 0.709. The summed E-state index contributed by atoms with van der Waals surface area (Å²) >= 11 is 0. The van der Waals surface area contributed by atoms with Crippen LogP contribution in [0.1, 0.15) is 30.8 Å². The standard InChI is InChI=1S/C24H32N4O2S/c1-17(2)15-23-24(18(3)28(6)25-23)26-31(29,30)21-13-11-19(12-14-21)22-10-8-7-9-20(22)16-27(4)5/h7-14,17,26H,15-16H2,1-6H3. The van der Waals surface area contributed by atoms with E-state index in [1.54, 1.807) is 16.8 Å². The molecule has 3 aromatic rings. The molecule has 0 atom stereocenters. The Morgan fingerprint density at radius 2 is 1.71 bits per heavy atom. The number of hydrogen-bond donors (Lipinski definition) is 1. The monoisotopic (exact) mass is 440 g/mol. The fourth-order valence-corrected chi connectivity index (χ4v) is 4.77. The third kappa shape index (κ3) is 5.35. The summed E-state index contributed by atoms with van der Waals surface area (Å²) in [5.41, 5.74) is 5.45. The first-order valence-corrected chi connectivity index (χ1v) is 11.9. The minimum atomic E-state index is -3.72. The van der Waals surface area contributed by atoms with Crippen molar-refractivity contribution in [3.63, 3.8) is 0 Å². The van der Waals surface area contributed by atoms with Gasteiger partial charge in [0.05, 0.1) is 22.0 Å². The van der Waals surface area contributed by atoms with Crippen LogP contribution >= 0.6 is 0 Å². The van der Waals surface area contributed by atoms with E-state index in [2.05, 4.69) is 40.7 Å². The second-order valence-corrected chi connectivity index (χ2v) is 10.3. The second-order valence-electron chi connectivity index (χ2n) is 8.65. The quantitative estimate of drug-likeness (QED) is 0.562. The van der Waals surface area contributed by atoms with Crippen molar-refractivity contribution in [2.24, 2.45) is 13.0 Å². The number of aryl methyl sites for hydroxylation is 1. The number of rotatable bonds is 8. The SMILES string of the molecule is Cc1c(NS(=O)(=O)c2ccc(-c3ccccc3CN(C)C)cc2)c(CC(C)C)nn1C. The van der Waals surface area contributed by atoms with Crippen LogP contribution < -0.4 is 4.72 Å². The molecule has 7 heteroatoms. The molecule has 31 heavy (non-hydrogen) atoms. The van der Waals surface area contributed by atoms with Crippen molar-refractivity contribution in [1.82, 2.24) is 14.7 Å². The molecule has 0 saturated carbocycles. The molecule has 6 nitrogen and oxygen atoms in total. The summed E-state index contributed by atoms with van der Waals surface area (Å²) < 4.78 is 30.7. The molecule has 0 saturated heterocycles. The van der Waals surface area contributed by atoms with Gasteiger partial charge in [0.25, 0.3) is 10.0 Å². The van der Waals surface area contributed by atoms with Crippen LogP contribution in [0.25, 0.3) is 11.1 Å². The minimum Gasteiger partial charge on any atom is -0.305 e. The summed E-state index contributed by atoms with van der Waals surface area (Å²) in [5, 5.41) is 4.50. The van der Waals surface area contributed by atoms with E-state index in [0.717, 1.165) is 29.1 Å². The van der Waals surface area contributed by atoms with Crippen LogP contribution in [0.3, 0.4) is 0 Å². The highest BCUT2D eigenvalue weighted by molar-refractivity contribution is 7.92. The molecule has 0 spiro atoms. The Balaban J connectivity index is 1.90. The molecule has 0 aliphatic heterocycles. The largest absolute Gasteiger partial charge is 0.305 e. The van der Waals surface area contributed by atoms with Gasteiger partial charge in [-0.1, -0.05) is 50.2 Å². The van der Waals surface area contributed by atoms with Gasteiger partial charge in [-0.2, -0.15) is 5.10 Å². The molecular formula is C24H32N4O2S. The lowest BCUT2D eigenvalue weighted by atomic mass is 9.99. The van der Waals surface area contributed by atoms with Gasteiger partial charge in [0.15, 0.2) is 0 Å². The molecule has 0 aliphatic carbocycles. The molecule has 0 fully saturated rings. The number of sulfonamides is 1. The Morgan fingerprint density at radius 3 is 2.32 bits per heavy atom. The van der Waals surface area contributed by atoms with Gasteiger partial charge in [-0.05, 0) is 62.2 Å². The molecule has 0 bridgehead atoms. The fourth-order valence-electron chi connectivity index (χ4n) is 3.63. The van der Waals surface area contributed by atoms with Crippen molar-refractivity contribution in [3.05, 3.63) is 65.5 Å². The van der Waals surface area contributed by atoms with Crippen LogP contribution in [0.15, 0.2) is 53.4 Å². The normalized spacial score (nSPS) is 12.0. The number of nitrogens with zero attached hydrogens (tertiary/aromatic N) is 3. The molecule has 1 heterocycles. The maximum absolute atomic E-state index is 13.1. The van der Waals surface area contributed by atoms with E-state index in [1.165, 1.54) is 5.56 Å². The van der Waals surface area contributed by atoms with E-state index in [-0.39, 0.29) is 4.90 Å². The Bertz CT molecular complexity index is 1150. The van der Waals surface area contributed by atoms with Crippen molar-refractivity contribution in [1.29, 1.82) is 0 Å². The molecule has 0 amide bonds. The molecule has 0 unspecified atom stereocenters. The average Bonchev–Trinajstić information content (AvgIpc) is 2.94. The molecular weight excluding hydrogens is 408 g/mol. The Labute approximate surface area is 186 Å². The predicted molar refractivity (Wildman–Crippen MR) is 127 cm³/mol. The molecule has 1 N–H and O–H groups in total. The second kappa shape index (κ2) is 9.24. The van der Waals surface area contributed by atoms with Gasteiger partial charge < -0.3 is 4.90 Å². The predicted octanol–water partition coefficient (Wildman–Crippen LogP) is 4.46. The minimum absolute atomic E-state index is 0.236. The smallest absolute Gasteiger partial charge is 0.262 e. The first-order valence-electron chi connectivity index (χ1n) is 10.5. The molecule has 0 radical (unpaired) electrons. The lowest BCUT2D eigenvalue weighted by Gasteiger charge is -2.15. The van der Waals surface area contributed by atoms with E-state index >= 15 is 0 Å². The topological polar surface area (TPSA) is 67.2 Å². The summed E-state index contributed by atoms with van der Waals surface area (Å²) in [7, 11) is 2.18. The van der Waals surface area contributed by atoms with Gasteiger partial charge >= 0.3 is 0 Å². The highest BCUT2D eigenvalue weighted by atomic mass is 32.2. The van der Waals surface area contributed by atoms with Crippen molar-refractivity contribution in [3.8, 4) is 11.1 Å². The number of hydrogen-bond acceptors (Lipinski definition) is 4. The third-order valence-corrected chi connectivity index (χ3v) is 6.59. The molecule has 166 valence electrons. The highest BCUT2D eigenvalue weighted by Gasteiger charge is 2.21. The fraction of sp³-hybridized carbons (Fsp3) is 0.375. The van der Waals surface area contributed by atoms with Crippen LogP contribution in [0.4, 0.5) is 5.69 Å². The third-order valence-electron chi connectivity index (χ3n) is 5.22. The van der Waals surface area contributed by atoms with Crippen LogP contribution in [0, 0.1) is 12.8 Å². The van der Waals surface area contributed by atoms with Gasteiger partial charge in [-0.3, -0.25) is 9.40 Å². The van der Waals surface area contributed by atoms with Crippen molar-refractivity contribution in [2.75, 3.05) is 18.8 Å². The highest BCUT2D eigenvalue weighted by Crippen LogP contribution is 2.28. The van der Waals surface area contributed by atoms with E-state index in [1.807, 2.05) is 52.3 Å². The van der Waals surface area contributed by atoms with Crippen molar-refractivity contribution < 1.29 is 8.42 Å². The maximum Gasteiger partial charge on any atom is 0.262 e. The lowest BCUT2D eigenvalue weighted by molar-refractivity contribution is 0.403. The van der Waals surface area contributed by atoms with Crippen LogP contribution in [0.5, 0.6) is 0 Å². The van der Waals surface area contributed by atoms with Gasteiger partial charge in [0.1, 0.15) is 0 Å². The first kappa shape index (κ1) is 23.0. The molecule has 1 aromatic heterocycles. The van der Waals surface area contributed by atoms with Crippen molar-refractivity contribution in [2.45, 2.75) is 38.6 Å². The van der Waals surface area contributed by atoms with Gasteiger partial charge in [-0.25, -0.2) is 8.42 Å². The number of anilines is 1. The summed E-state index contributed by atoms with van der Waals surface area (Å²) in [6, 6.07) is 15.3. The summed E-state index contributed by atoms with van der Waals surface area (Å²) in [6.45, 7) is 6.88. The zero-order valence-corrected chi connectivity index (χ0v) is 20.0. The van der Waals surface area contributed by atoms with Crippen molar-refractivity contribution >= 4 is 15.7 Å². The van der Waals surface area contributed by atoms with E-state index in [9.17, 15) is 8.42 Å². The molecule has 0 aliphatic rings. The zero-order chi connectivity index (χ0) is 22.8. The van der Waals surface area contributed by atoms with Gasteiger partial charge in [-0.15, -0.1) is 0 Å². The van der Waals surface area contributed by atoms with Gasteiger partial charge in [0.2, 0.25) is 0 Å². The Morgan fingerprint density at radius 1 is 1.06 bits per heavy atom. The Hall–Kier alpha value is -2.64. The number of nitrogens with one attached hydrogen (secondary N) is 1. The van der Waals surface area contributed by atoms with Gasteiger partial charge in [0, 0.05) is 13.6 Å². The summed E-state index contributed by atoms with van der Waals surface area (Å²) in [4.78, 5) is 2.35. The Kier molecular flexibility index (Phi) is 6.86. The average molecular weight is 441 g/mol. The van der Waals surface area contributed by atoms with Crippen LogP contribution in [-0.2, 0) is 30.0 Å². The first-order chi connectivity index (χ1) is 14.6. The van der Waals surface area contributed by atoms with E-state index in [0.29, 0.717) is 18.0 Å². The summed E-state index contributed by atoms with van der Waals surface area (Å²) in [5.74, 6) is 0.374. The van der Waals surface area contributed by atoms with E-state index in [4.69, 9.17) is 0 Å².